The Morgan fingerprint density at radius 3 is 2.19 bits per heavy atom. The number of para-hydroxylation sites is 2. The van der Waals surface area contributed by atoms with E-state index in [0.717, 1.165) is 27.9 Å². The SMILES string of the molecule is c1ccc(N(c2ccc3c(ccc4oc5ccccc5c43)c2)c2cccc3sc4ccccc4c23)cc1. The molecule has 6 aromatic carbocycles. The zero-order valence-corrected chi connectivity index (χ0v) is 20.7. The number of hydrogen-bond donors (Lipinski definition) is 0. The molecule has 0 amide bonds. The van der Waals surface area contributed by atoms with Gasteiger partial charge in [0.1, 0.15) is 11.2 Å². The zero-order valence-electron chi connectivity index (χ0n) is 19.9. The van der Waals surface area contributed by atoms with Crippen molar-refractivity contribution in [1.82, 2.24) is 0 Å². The van der Waals surface area contributed by atoms with Gasteiger partial charge in [-0.1, -0.05) is 72.8 Å². The quantitative estimate of drug-likeness (QED) is 0.244. The Kier molecular flexibility index (Phi) is 4.42. The van der Waals surface area contributed by atoms with Crippen molar-refractivity contribution in [2.45, 2.75) is 0 Å². The van der Waals surface area contributed by atoms with Crippen LogP contribution in [0.25, 0.3) is 52.9 Å². The van der Waals surface area contributed by atoms with E-state index in [9.17, 15) is 0 Å². The van der Waals surface area contributed by atoms with Gasteiger partial charge in [0.25, 0.3) is 0 Å². The first-order chi connectivity index (χ1) is 18.3. The lowest BCUT2D eigenvalue weighted by molar-refractivity contribution is 0.669. The Labute approximate surface area is 217 Å². The Balaban J connectivity index is 1.41. The smallest absolute Gasteiger partial charge is 0.136 e. The van der Waals surface area contributed by atoms with E-state index < -0.39 is 0 Å². The van der Waals surface area contributed by atoms with E-state index in [0.29, 0.717) is 0 Å². The fraction of sp³-hybridized carbons (Fsp3) is 0. The van der Waals surface area contributed by atoms with Gasteiger partial charge in [-0.3, -0.25) is 0 Å². The second kappa shape index (κ2) is 7.95. The van der Waals surface area contributed by atoms with E-state index >= 15 is 0 Å². The Morgan fingerprint density at radius 2 is 1.27 bits per heavy atom. The van der Waals surface area contributed by atoms with Crippen LogP contribution >= 0.6 is 11.3 Å². The van der Waals surface area contributed by atoms with Gasteiger partial charge in [-0.15, -0.1) is 11.3 Å². The van der Waals surface area contributed by atoms with Gasteiger partial charge in [0.15, 0.2) is 0 Å². The molecule has 0 spiro atoms. The second-order valence-corrected chi connectivity index (χ2v) is 10.4. The summed E-state index contributed by atoms with van der Waals surface area (Å²) in [6.07, 6.45) is 0. The predicted molar refractivity (Wildman–Crippen MR) is 159 cm³/mol. The van der Waals surface area contributed by atoms with Crippen molar-refractivity contribution in [2.24, 2.45) is 0 Å². The van der Waals surface area contributed by atoms with E-state index in [2.05, 4.69) is 120 Å². The number of rotatable bonds is 3. The van der Waals surface area contributed by atoms with Crippen molar-refractivity contribution in [2.75, 3.05) is 4.90 Å². The summed E-state index contributed by atoms with van der Waals surface area (Å²) >= 11 is 1.85. The van der Waals surface area contributed by atoms with Crippen molar-refractivity contribution in [3.63, 3.8) is 0 Å². The summed E-state index contributed by atoms with van der Waals surface area (Å²) in [4.78, 5) is 2.39. The normalized spacial score (nSPS) is 11.8. The van der Waals surface area contributed by atoms with Crippen LogP contribution in [0.1, 0.15) is 0 Å². The minimum Gasteiger partial charge on any atom is -0.456 e. The Hall–Kier alpha value is -4.60. The minimum atomic E-state index is 0.927. The fourth-order valence-electron chi connectivity index (χ4n) is 5.63. The van der Waals surface area contributed by atoms with Crippen LogP contribution in [0.3, 0.4) is 0 Å². The lowest BCUT2D eigenvalue weighted by Crippen LogP contribution is -2.10. The molecule has 0 aliphatic rings. The number of furan rings is 1. The lowest BCUT2D eigenvalue weighted by Gasteiger charge is -2.26. The first-order valence-corrected chi connectivity index (χ1v) is 13.3. The van der Waals surface area contributed by atoms with Gasteiger partial charge in [0, 0.05) is 42.3 Å². The summed E-state index contributed by atoms with van der Waals surface area (Å²) in [5.41, 5.74) is 5.32. The highest BCUT2D eigenvalue weighted by molar-refractivity contribution is 7.26. The van der Waals surface area contributed by atoms with Gasteiger partial charge in [0.05, 0.1) is 5.69 Å². The average molecular weight is 492 g/mol. The van der Waals surface area contributed by atoms with Crippen molar-refractivity contribution in [3.8, 4) is 0 Å². The van der Waals surface area contributed by atoms with Crippen molar-refractivity contribution >= 4 is 81.3 Å². The largest absolute Gasteiger partial charge is 0.456 e. The third kappa shape index (κ3) is 3.11. The molecule has 0 saturated carbocycles. The van der Waals surface area contributed by atoms with Gasteiger partial charge in [-0.2, -0.15) is 0 Å². The molecular formula is C34H21NOS. The summed E-state index contributed by atoms with van der Waals surface area (Å²) < 4.78 is 8.76. The molecule has 8 aromatic rings. The van der Waals surface area contributed by atoms with Gasteiger partial charge < -0.3 is 9.32 Å². The molecule has 0 saturated heterocycles. The van der Waals surface area contributed by atoms with E-state index in [1.165, 1.54) is 42.0 Å². The van der Waals surface area contributed by atoms with E-state index in [1.54, 1.807) is 0 Å². The number of anilines is 3. The first kappa shape index (κ1) is 20.6. The van der Waals surface area contributed by atoms with E-state index in [4.69, 9.17) is 4.42 Å². The molecule has 0 bridgehead atoms. The molecule has 2 nitrogen and oxygen atoms in total. The molecule has 0 atom stereocenters. The number of nitrogens with zero attached hydrogens (tertiary/aromatic N) is 1. The number of hydrogen-bond acceptors (Lipinski definition) is 3. The first-order valence-electron chi connectivity index (χ1n) is 12.4. The molecule has 0 unspecified atom stereocenters. The molecule has 8 rings (SSSR count). The highest BCUT2D eigenvalue weighted by Crippen LogP contribution is 2.45. The summed E-state index contributed by atoms with van der Waals surface area (Å²) in [6.45, 7) is 0. The van der Waals surface area contributed by atoms with Crippen LogP contribution in [-0.4, -0.2) is 0 Å². The zero-order chi connectivity index (χ0) is 24.3. The third-order valence-corrected chi connectivity index (χ3v) is 8.37. The van der Waals surface area contributed by atoms with Crippen molar-refractivity contribution in [3.05, 3.63) is 127 Å². The van der Waals surface area contributed by atoms with Crippen LogP contribution < -0.4 is 4.90 Å². The van der Waals surface area contributed by atoms with Gasteiger partial charge in [-0.25, -0.2) is 0 Å². The molecule has 2 aromatic heterocycles. The molecule has 0 aliphatic heterocycles. The van der Waals surface area contributed by atoms with Crippen LogP contribution in [0.2, 0.25) is 0 Å². The van der Waals surface area contributed by atoms with Gasteiger partial charge in [-0.05, 0) is 65.4 Å². The third-order valence-electron chi connectivity index (χ3n) is 7.24. The fourth-order valence-corrected chi connectivity index (χ4v) is 6.75. The molecule has 0 aliphatic carbocycles. The summed E-state index contributed by atoms with van der Waals surface area (Å²) in [5.74, 6) is 0. The molecular weight excluding hydrogens is 470 g/mol. The molecule has 174 valence electrons. The maximum absolute atomic E-state index is 6.15. The topological polar surface area (TPSA) is 16.4 Å². The predicted octanol–water partition coefficient (Wildman–Crippen LogP) is 10.6. The maximum atomic E-state index is 6.15. The summed E-state index contributed by atoms with van der Waals surface area (Å²) in [7, 11) is 0. The second-order valence-electron chi connectivity index (χ2n) is 9.36. The van der Waals surface area contributed by atoms with Crippen LogP contribution in [0.5, 0.6) is 0 Å². The van der Waals surface area contributed by atoms with E-state index in [1.807, 2.05) is 23.5 Å². The van der Waals surface area contributed by atoms with Crippen LogP contribution in [0.15, 0.2) is 132 Å². The molecule has 37 heavy (non-hydrogen) atoms. The van der Waals surface area contributed by atoms with E-state index in [-0.39, 0.29) is 0 Å². The highest BCUT2D eigenvalue weighted by atomic mass is 32.1. The Morgan fingerprint density at radius 1 is 0.486 bits per heavy atom. The number of fused-ring (bicyclic) bond motifs is 8. The number of thiophene rings is 1. The monoisotopic (exact) mass is 491 g/mol. The molecule has 0 N–H and O–H groups in total. The van der Waals surface area contributed by atoms with Crippen molar-refractivity contribution in [1.29, 1.82) is 0 Å². The maximum Gasteiger partial charge on any atom is 0.136 e. The average Bonchev–Trinajstić information content (AvgIpc) is 3.53. The van der Waals surface area contributed by atoms with Crippen LogP contribution in [-0.2, 0) is 0 Å². The molecule has 0 radical (unpaired) electrons. The van der Waals surface area contributed by atoms with Gasteiger partial charge >= 0.3 is 0 Å². The summed E-state index contributed by atoms with van der Waals surface area (Å²) in [5, 5.41) is 7.33. The van der Waals surface area contributed by atoms with Crippen LogP contribution in [0.4, 0.5) is 17.1 Å². The minimum absolute atomic E-state index is 0.927. The summed E-state index contributed by atoms with van der Waals surface area (Å²) in [6, 6.07) is 45.4. The highest BCUT2D eigenvalue weighted by Gasteiger charge is 2.19. The molecule has 2 heterocycles. The Bertz CT molecular complexity index is 2100. The molecule has 3 heteroatoms. The van der Waals surface area contributed by atoms with Crippen LogP contribution in [0, 0.1) is 0 Å². The molecule has 0 fully saturated rings. The lowest BCUT2D eigenvalue weighted by atomic mass is 10.0. The van der Waals surface area contributed by atoms with Gasteiger partial charge in [0.2, 0.25) is 0 Å². The standard InChI is InChI=1S/C34H21NOS/c1-2-9-23(10-3-1)35(28-13-8-16-32-34(28)27-12-5-7-15-31(27)37-32)24-18-19-25-22(21-24)17-20-30-33(25)26-11-4-6-14-29(26)36-30/h1-21H. The number of benzene rings is 6. The van der Waals surface area contributed by atoms with Crippen molar-refractivity contribution < 1.29 is 4.42 Å².